The van der Waals surface area contributed by atoms with Gasteiger partial charge >= 0.3 is 0 Å². The fourth-order valence-corrected chi connectivity index (χ4v) is 3.71. The molecule has 1 fully saturated rings. The molecule has 2 aromatic rings. The fourth-order valence-electron chi connectivity index (χ4n) is 3.47. The Hall–Kier alpha value is -1.96. The Balaban J connectivity index is 1.77. The molecule has 1 aliphatic heterocycles. The second kappa shape index (κ2) is 10.0. The van der Waals surface area contributed by atoms with Crippen LogP contribution in [0.15, 0.2) is 29.1 Å². The van der Waals surface area contributed by atoms with Crippen molar-refractivity contribution in [2.45, 2.75) is 38.8 Å². The van der Waals surface area contributed by atoms with E-state index in [-0.39, 0.29) is 11.7 Å². The van der Waals surface area contributed by atoms with Crippen LogP contribution in [0, 0.1) is 6.92 Å². The Kier molecular flexibility index (Phi) is 7.42. The van der Waals surface area contributed by atoms with E-state index in [4.69, 9.17) is 21.7 Å². The van der Waals surface area contributed by atoms with Gasteiger partial charge in [0.25, 0.3) is 5.56 Å². The molecule has 1 saturated heterocycles. The number of hydrogen-bond donors (Lipinski definition) is 2. The summed E-state index contributed by atoms with van der Waals surface area (Å²) in [5.74, 6) is 0. The summed E-state index contributed by atoms with van der Waals surface area (Å²) in [6, 6.07) is 8.00. The first-order valence-corrected chi connectivity index (χ1v) is 10.2. The summed E-state index contributed by atoms with van der Waals surface area (Å²) in [6.07, 6.45) is 3.12. The van der Waals surface area contributed by atoms with E-state index in [1.54, 1.807) is 7.11 Å². The first-order valence-electron chi connectivity index (χ1n) is 9.82. The van der Waals surface area contributed by atoms with Crippen LogP contribution in [0.5, 0.6) is 0 Å². The summed E-state index contributed by atoms with van der Waals surface area (Å²) in [7, 11) is 1.69. The Morgan fingerprint density at radius 1 is 1.43 bits per heavy atom. The van der Waals surface area contributed by atoms with E-state index in [1.165, 1.54) is 0 Å². The van der Waals surface area contributed by atoms with Gasteiger partial charge in [0.15, 0.2) is 5.11 Å². The quantitative estimate of drug-likeness (QED) is 0.522. The van der Waals surface area contributed by atoms with Crippen molar-refractivity contribution < 1.29 is 9.47 Å². The van der Waals surface area contributed by atoms with Gasteiger partial charge in [-0.3, -0.25) is 4.79 Å². The maximum atomic E-state index is 12.6. The zero-order chi connectivity index (χ0) is 19.9. The van der Waals surface area contributed by atoms with Gasteiger partial charge in [-0.1, -0.05) is 11.6 Å². The summed E-state index contributed by atoms with van der Waals surface area (Å²) in [5, 5.41) is 4.97. The second-order valence-corrected chi connectivity index (χ2v) is 7.69. The lowest BCUT2D eigenvalue weighted by atomic mass is 10.1. The number of H-pyrrole nitrogens is 1. The summed E-state index contributed by atoms with van der Waals surface area (Å²) in [4.78, 5) is 17.7. The highest BCUT2D eigenvalue weighted by atomic mass is 32.1. The van der Waals surface area contributed by atoms with Crippen molar-refractivity contribution in [2.75, 3.05) is 33.4 Å². The van der Waals surface area contributed by atoms with Crippen molar-refractivity contribution in [2.24, 2.45) is 0 Å². The number of aromatic amines is 1. The number of rotatable bonds is 8. The predicted molar refractivity (Wildman–Crippen MR) is 116 cm³/mol. The van der Waals surface area contributed by atoms with Crippen LogP contribution in [-0.2, 0) is 16.0 Å². The molecule has 2 N–H and O–H groups in total. The highest BCUT2D eigenvalue weighted by molar-refractivity contribution is 7.80. The summed E-state index contributed by atoms with van der Waals surface area (Å²) >= 11 is 5.62. The second-order valence-electron chi connectivity index (χ2n) is 7.31. The minimum atomic E-state index is -0.0733. The molecule has 1 aromatic heterocycles. The van der Waals surface area contributed by atoms with Crippen LogP contribution >= 0.6 is 12.2 Å². The maximum Gasteiger partial charge on any atom is 0.253 e. The van der Waals surface area contributed by atoms with E-state index >= 15 is 0 Å². The van der Waals surface area contributed by atoms with Crippen LogP contribution in [0.4, 0.5) is 0 Å². The molecule has 28 heavy (non-hydrogen) atoms. The van der Waals surface area contributed by atoms with Gasteiger partial charge in [-0.25, -0.2) is 0 Å². The average molecular weight is 404 g/mol. The number of aryl methyl sites for hydroxylation is 1. The molecular weight excluding hydrogens is 374 g/mol. The SMILES string of the molecule is COCCCNC(=S)N(Cc1cc2cc(C)ccc2[nH]c1=O)C[C@H]1CCCO1. The van der Waals surface area contributed by atoms with Crippen LogP contribution in [0.25, 0.3) is 10.9 Å². The van der Waals surface area contributed by atoms with Crippen molar-refractivity contribution >= 4 is 28.2 Å². The molecule has 1 atom stereocenters. The molecule has 0 radical (unpaired) electrons. The van der Waals surface area contributed by atoms with Crippen LogP contribution in [0.2, 0.25) is 0 Å². The Bertz CT molecular complexity index is 862. The van der Waals surface area contributed by atoms with Crippen molar-refractivity contribution in [3.8, 4) is 0 Å². The molecule has 1 aliphatic rings. The number of benzene rings is 1. The number of fused-ring (bicyclic) bond motifs is 1. The minimum Gasteiger partial charge on any atom is -0.385 e. The van der Waals surface area contributed by atoms with Gasteiger partial charge in [-0.15, -0.1) is 0 Å². The van der Waals surface area contributed by atoms with Crippen LogP contribution in [0.3, 0.4) is 0 Å². The van der Waals surface area contributed by atoms with Gasteiger partial charge in [-0.2, -0.15) is 0 Å². The number of nitrogens with one attached hydrogen (secondary N) is 2. The number of hydrogen-bond acceptors (Lipinski definition) is 4. The number of ether oxygens (including phenoxy) is 2. The molecule has 6 nitrogen and oxygen atoms in total. The third-order valence-corrected chi connectivity index (χ3v) is 5.38. The Morgan fingerprint density at radius 2 is 2.29 bits per heavy atom. The largest absolute Gasteiger partial charge is 0.385 e. The zero-order valence-electron chi connectivity index (χ0n) is 16.6. The molecule has 0 aliphatic carbocycles. The summed E-state index contributed by atoms with van der Waals surface area (Å²) < 4.78 is 10.9. The predicted octanol–water partition coefficient (Wildman–Crippen LogP) is 2.73. The van der Waals surface area contributed by atoms with Gasteiger partial charge in [0.2, 0.25) is 0 Å². The van der Waals surface area contributed by atoms with Crippen LogP contribution < -0.4 is 10.9 Å². The lowest BCUT2D eigenvalue weighted by Gasteiger charge is -2.28. The smallest absolute Gasteiger partial charge is 0.253 e. The topological polar surface area (TPSA) is 66.6 Å². The van der Waals surface area contributed by atoms with E-state index in [2.05, 4.69) is 16.4 Å². The molecule has 0 saturated carbocycles. The summed E-state index contributed by atoms with van der Waals surface area (Å²) in [6.45, 7) is 5.40. The molecule has 0 unspecified atom stereocenters. The van der Waals surface area contributed by atoms with Gasteiger partial charge in [0.05, 0.1) is 12.6 Å². The molecule has 0 spiro atoms. The van der Waals surface area contributed by atoms with Crippen LogP contribution in [-0.4, -0.2) is 54.5 Å². The number of pyridine rings is 1. The number of methoxy groups -OCH3 is 1. The molecule has 2 heterocycles. The highest BCUT2D eigenvalue weighted by Gasteiger charge is 2.22. The van der Waals surface area contributed by atoms with Crippen LogP contribution in [0.1, 0.15) is 30.4 Å². The van der Waals surface area contributed by atoms with E-state index in [0.717, 1.165) is 48.9 Å². The minimum absolute atomic E-state index is 0.0733. The van der Waals surface area contributed by atoms with Gasteiger partial charge in [0.1, 0.15) is 0 Å². The lowest BCUT2D eigenvalue weighted by Crippen LogP contribution is -2.44. The molecule has 0 bridgehead atoms. The van der Waals surface area contributed by atoms with Gasteiger partial charge in [0, 0.05) is 44.5 Å². The lowest BCUT2D eigenvalue weighted by molar-refractivity contribution is 0.0896. The monoisotopic (exact) mass is 403 g/mol. The molecule has 3 rings (SSSR count). The Labute approximate surface area is 171 Å². The molecule has 7 heteroatoms. The highest BCUT2D eigenvalue weighted by Crippen LogP contribution is 2.17. The van der Waals surface area contributed by atoms with E-state index in [0.29, 0.717) is 30.4 Å². The van der Waals surface area contributed by atoms with E-state index in [9.17, 15) is 4.79 Å². The normalized spacial score (nSPS) is 16.4. The third kappa shape index (κ3) is 5.53. The molecule has 0 amide bonds. The fraction of sp³-hybridized carbons (Fsp3) is 0.524. The molecular formula is C21H29N3O3S. The number of aromatic nitrogens is 1. The van der Waals surface area contributed by atoms with Crippen molar-refractivity contribution in [3.05, 3.63) is 45.7 Å². The first-order chi connectivity index (χ1) is 13.6. The standard InChI is InChI=1S/C21H29N3O3S/c1-15-6-7-19-16(11-15)12-17(20(25)23-19)13-24(14-18-5-3-10-27-18)21(28)22-8-4-9-26-2/h6-7,11-12,18H,3-5,8-10,13-14H2,1-2H3,(H,22,28)(H,23,25)/t18-/m1/s1. The van der Waals surface area contributed by atoms with Crippen molar-refractivity contribution in [1.29, 1.82) is 0 Å². The summed E-state index contributed by atoms with van der Waals surface area (Å²) in [5.41, 5.74) is 2.65. The Morgan fingerprint density at radius 3 is 3.04 bits per heavy atom. The maximum absolute atomic E-state index is 12.6. The third-order valence-electron chi connectivity index (χ3n) is 4.97. The van der Waals surface area contributed by atoms with Gasteiger partial charge in [-0.05, 0) is 62.0 Å². The zero-order valence-corrected chi connectivity index (χ0v) is 17.4. The van der Waals surface area contributed by atoms with E-state index < -0.39 is 0 Å². The van der Waals surface area contributed by atoms with E-state index in [1.807, 2.05) is 30.0 Å². The average Bonchev–Trinajstić information content (AvgIpc) is 3.18. The molecule has 1 aromatic carbocycles. The number of thiocarbonyl (C=S) groups is 1. The number of nitrogens with zero attached hydrogens (tertiary/aromatic N) is 1. The first kappa shape index (κ1) is 20.8. The van der Waals surface area contributed by atoms with Gasteiger partial charge < -0.3 is 24.7 Å². The van der Waals surface area contributed by atoms with Crippen molar-refractivity contribution in [1.82, 2.24) is 15.2 Å². The van der Waals surface area contributed by atoms with Crippen molar-refractivity contribution in [3.63, 3.8) is 0 Å². The molecule has 152 valence electrons.